The molecule has 2 heterocycles. The number of hydrogen-bond acceptors (Lipinski definition) is 6. The van der Waals surface area contributed by atoms with Crippen LogP contribution in [0, 0.1) is 0 Å². The normalized spacial score (nSPS) is 32.9. The number of rotatable bonds is 2. The van der Waals surface area contributed by atoms with Gasteiger partial charge in [-0.3, -0.25) is 4.79 Å². The Morgan fingerprint density at radius 2 is 2.06 bits per heavy atom. The highest BCUT2D eigenvalue weighted by molar-refractivity contribution is 5.31. The number of H-pyrrole nitrogens is 1. The Morgan fingerprint density at radius 3 is 2.59 bits per heavy atom. The van der Waals surface area contributed by atoms with Gasteiger partial charge in [0.2, 0.25) is 0 Å². The van der Waals surface area contributed by atoms with Crippen LogP contribution in [0.4, 0.5) is 5.82 Å². The molecule has 0 unspecified atom stereocenters. The predicted octanol–water partition coefficient (Wildman–Crippen LogP) is -1.89. The Hall–Kier alpha value is -1.41. The average Bonchev–Trinajstić information content (AvgIpc) is 2.57. The van der Waals surface area contributed by atoms with E-state index in [1.165, 1.54) is 12.1 Å². The number of aliphatic hydroxyl groups is 3. The Bertz CT molecular complexity index is 460. The fraction of sp³-hybridized carbons (Fsp3) is 0.500. The first kappa shape index (κ1) is 12.1. The highest BCUT2D eigenvalue weighted by atomic mass is 16.6. The van der Waals surface area contributed by atoms with Gasteiger partial charge in [-0.05, 0) is 12.1 Å². The van der Waals surface area contributed by atoms with E-state index in [1.54, 1.807) is 0 Å². The number of aliphatic hydroxyl groups excluding tert-OH is 3. The molecule has 0 spiro atoms. The fourth-order valence-electron chi connectivity index (χ4n) is 1.88. The third kappa shape index (κ3) is 2.05. The van der Waals surface area contributed by atoms with E-state index in [0.29, 0.717) is 0 Å². The van der Waals surface area contributed by atoms with Crippen molar-refractivity contribution >= 4 is 5.82 Å². The van der Waals surface area contributed by atoms with Crippen LogP contribution in [0.1, 0.15) is 11.7 Å². The molecule has 0 bridgehead atoms. The van der Waals surface area contributed by atoms with Crippen LogP contribution in [-0.4, -0.2) is 45.2 Å². The minimum Gasteiger partial charge on any atom is -0.394 e. The SMILES string of the molecule is Nc1ccc([C@@H]2O[C@H](CO)[C@@H](O)[C@H]2O)c(=O)[nH]1. The maximum atomic E-state index is 11.6. The number of nitrogens with one attached hydrogen (secondary N) is 1. The molecule has 0 radical (unpaired) electrons. The number of nitrogens with two attached hydrogens (primary N) is 1. The van der Waals surface area contributed by atoms with E-state index in [0.717, 1.165) is 0 Å². The molecular formula is C10H14N2O5. The van der Waals surface area contributed by atoms with Crippen molar-refractivity contribution in [1.82, 2.24) is 4.98 Å². The minimum atomic E-state index is -1.25. The summed E-state index contributed by atoms with van der Waals surface area (Å²) in [6, 6.07) is 2.89. The second kappa shape index (κ2) is 4.46. The van der Waals surface area contributed by atoms with Gasteiger partial charge in [-0.2, -0.15) is 0 Å². The van der Waals surface area contributed by atoms with Crippen LogP contribution in [0.3, 0.4) is 0 Å². The largest absolute Gasteiger partial charge is 0.394 e. The van der Waals surface area contributed by atoms with Crippen molar-refractivity contribution in [3.8, 4) is 0 Å². The summed E-state index contributed by atoms with van der Waals surface area (Å²) in [6.45, 7) is -0.429. The van der Waals surface area contributed by atoms with Crippen LogP contribution in [0.2, 0.25) is 0 Å². The number of pyridine rings is 1. The summed E-state index contributed by atoms with van der Waals surface area (Å²) in [5.41, 5.74) is 5.08. The van der Waals surface area contributed by atoms with Gasteiger partial charge in [-0.15, -0.1) is 0 Å². The maximum Gasteiger partial charge on any atom is 0.255 e. The van der Waals surface area contributed by atoms with E-state index in [-0.39, 0.29) is 11.4 Å². The highest BCUT2D eigenvalue weighted by Gasteiger charge is 2.43. The molecule has 1 aromatic rings. The summed E-state index contributed by atoms with van der Waals surface area (Å²) in [5.74, 6) is 0.200. The van der Waals surface area contributed by atoms with Crippen molar-refractivity contribution in [2.24, 2.45) is 0 Å². The monoisotopic (exact) mass is 242 g/mol. The van der Waals surface area contributed by atoms with E-state index in [1.807, 2.05) is 0 Å². The molecule has 6 N–H and O–H groups in total. The zero-order chi connectivity index (χ0) is 12.6. The van der Waals surface area contributed by atoms with Gasteiger partial charge in [0, 0.05) is 5.56 Å². The Balaban J connectivity index is 2.32. The van der Waals surface area contributed by atoms with Gasteiger partial charge in [0.15, 0.2) is 0 Å². The first-order valence-electron chi connectivity index (χ1n) is 5.15. The second-order valence-corrected chi connectivity index (χ2v) is 3.96. The molecule has 7 heteroatoms. The molecule has 0 aliphatic carbocycles. The number of aromatic nitrogens is 1. The molecule has 0 aromatic carbocycles. The lowest BCUT2D eigenvalue weighted by molar-refractivity contribution is -0.0231. The molecule has 94 valence electrons. The summed E-state index contributed by atoms with van der Waals surface area (Å²) in [7, 11) is 0. The Kier molecular flexibility index (Phi) is 3.16. The lowest BCUT2D eigenvalue weighted by atomic mass is 10.0. The number of ether oxygens (including phenoxy) is 1. The molecular weight excluding hydrogens is 228 g/mol. The Morgan fingerprint density at radius 1 is 1.35 bits per heavy atom. The summed E-state index contributed by atoms with van der Waals surface area (Å²) < 4.78 is 5.23. The van der Waals surface area contributed by atoms with Crippen molar-refractivity contribution in [2.45, 2.75) is 24.4 Å². The van der Waals surface area contributed by atoms with Crippen LogP contribution in [-0.2, 0) is 4.74 Å². The number of nitrogen functional groups attached to an aromatic ring is 1. The van der Waals surface area contributed by atoms with Crippen LogP contribution in [0.25, 0.3) is 0 Å². The van der Waals surface area contributed by atoms with Crippen molar-refractivity contribution < 1.29 is 20.1 Å². The average molecular weight is 242 g/mol. The van der Waals surface area contributed by atoms with Crippen LogP contribution in [0.5, 0.6) is 0 Å². The summed E-state index contributed by atoms with van der Waals surface area (Å²) in [4.78, 5) is 14.0. The van der Waals surface area contributed by atoms with Gasteiger partial charge in [0.05, 0.1) is 6.61 Å². The van der Waals surface area contributed by atoms with E-state index >= 15 is 0 Å². The molecule has 1 saturated heterocycles. The number of anilines is 1. The molecule has 4 atom stereocenters. The van der Waals surface area contributed by atoms with E-state index in [9.17, 15) is 15.0 Å². The van der Waals surface area contributed by atoms with Crippen LogP contribution < -0.4 is 11.3 Å². The molecule has 1 aliphatic heterocycles. The summed E-state index contributed by atoms with van der Waals surface area (Å²) in [6.07, 6.45) is -4.34. The summed E-state index contributed by atoms with van der Waals surface area (Å²) >= 11 is 0. The lowest BCUT2D eigenvalue weighted by Gasteiger charge is -2.13. The third-order valence-corrected chi connectivity index (χ3v) is 2.81. The van der Waals surface area contributed by atoms with Gasteiger partial charge in [0.1, 0.15) is 30.2 Å². The molecule has 1 aliphatic rings. The van der Waals surface area contributed by atoms with Crippen molar-refractivity contribution in [2.75, 3.05) is 12.3 Å². The predicted molar refractivity (Wildman–Crippen MR) is 58.2 cm³/mol. The van der Waals surface area contributed by atoms with Gasteiger partial charge in [0.25, 0.3) is 5.56 Å². The molecule has 0 saturated carbocycles. The third-order valence-electron chi connectivity index (χ3n) is 2.81. The van der Waals surface area contributed by atoms with Crippen LogP contribution >= 0.6 is 0 Å². The van der Waals surface area contributed by atoms with Crippen molar-refractivity contribution in [1.29, 1.82) is 0 Å². The fourth-order valence-corrected chi connectivity index (χ4v) is 1.88. The lowest BCUT2D eigenvalue weighted by Crippen LogP contribution is -2.33. The highest BCUT2D eigenvalue weighted by Crippen LogP contribution is 2.31. The van der Waals surface area contributed by atoms with Gasteiger partial charge < -0.3 is 30.8 Å². The first-order valence-corrected chi connectivity index (χ1v) is 5.15. The molecule has 2 rings (SSSR count). The molecule has 0 amide bonds. The van der Waals surface area contributed by atoms with Gasteiger partial charge >= 0.3 is 0 Å². The smallest absolute Gasteiger partial charge is 0.255 e. The first-order chi connectivity index (χ1) is 8.04. The number of hydrogen-bond donors (Lipinski definition) is 5. The topological polar surface area (TPSA) is 129 Å². The van der Waals surface area contributed by atoms with Gasteiger partial charge in [-0.1, -0.05) is 0 Å². The molecule has 7 nitrogen and oxygen atoms in total. The van der Waals surface area contributed by atoms with Gasteiger partial charge in [-0.25, -0.2) is 0 Å². The molecule has 1 fully saturated rings. The van der Waals surface area contributed by atoms with E-state index in [2.05, 4.69) is 4.98 Å². The maximum absolute atomic E-state index is 11.6. The van der Waals surface area contributed by atoms with Crippen molar-refractivity contribution in [3.63, 3.8) is 0 Å². The van der Waals surface area contributed by atoms with E-state index < -0.39 is 36.6 Å². The zero-order valence-corrected chi connectivity index (χ0v) is 8.91. The number of aromatic amines is 1. The quantitative estimate of drug-likeness (QED) is 0.412. The summed E-state index contributed by atoms with van der Waals surface area (Å²) in [5, 5.41) is 28.2. The zero-order valence-electron chi connectivity index (χ0n) is 8.91. The van der Waals surface area contributed by atoms with Crippen molar-refractivity contribution in [3.05, 3.63) is 28.0 Å². The Labute approximate surface area is 96.5 Å². The second-order valence-electron chi connectivity index (χ2n) is 3.96. The standard InChI is InChI=1S/C10H14N2O5/c11-6-2-1-4(10(16)12-6)9-8(15)7(14)5(3-13)17-9/h1-2,5,7-9,13-15H,3H2,(H3,11,12,16)/t5-,7-,8-,9+/m1/s1. The van der Waals surface area contributed by atoms with Crippen LogP contribution in [0.15, 0.2) is 16.9 Å². The minimum absolute atomic E-state index is 0.168. The molecule has 17 heavy (non-hydrogen) atoms. The molecule has 1 aromatic heterocycles. The van der Waals surface area contributed by atoms with E-state index in [4.69, 9.17) is 15.6 Å².